The smallest absolute Gasteiger partial charge is 0.271 e. The van der Waals surface area contributed by atoms with Gasteiger partial charge in [0, 0.05) is 12.1 Å². The first-order valence-corrected chi connectivity index (χ1v) is 10.9. The summed E-state index contributed by atoms with van der Waals surface area (Å²) in [7, 11) is -3.87. The number of nitrogens with one attached hydrogen (secondary N) is 1. The summed E-state index contributed by atoms with van der Waals surface area (Å²) in [4.78, 5) is 23.3. The third kappa shape index (κ3) is 5.32. The van der Waals surface area contributed by atoms with Crippen molar-refractivity contribution in [1.82, 2.24) is 5.32 Å². The van der Waals surface area contributed by atoms with Gasteiger partial charge < -0.3 is 5.32 Å². The molecule has 0 saturated heterocycles. The number of nitro groups is 1. The molecule has 2 aromatic carbocycles. The molecule has 0 spiro atoms. The van der Waals surface area contributed by atoms with Crippen molar-refractivity contribution in [2.24, 2.45) is 0 Å². The number of hydrogen-bond acceptors (Lipinski definition) is 5. The lowest BCUT2D eigenvalue weighted by molar-refractivity contribution is -0.384. The molecule has 0 saturated carbocycles. The summed E-state index contributed by atoms with van der Waals surface area (Å²) in [6.07, 6.45) is 0.961. The van der Waals surface area contributed by atoms with Crippen molar-refractivity contribution in [3.8, 4) is 0 Å². The van der Waals surface area contributed by atoms with Crippen LogP contribution >= 0.6 is 0 Å². The van der Waals surface area contributed by atoms with Gasteiger partial charge in [-0.3, -0.25) is 19.2 Å². The maximum Gasteiger partial charge on any atom is 0.271 e. The highest BCUT2D eigenvalue weighted by molar-refractivity contribution is 7.92. The summed E-state index contributed by atoms with van der Waals surface area (Å²) in [5, 5.41) is 13.9. The number of nitrogens with zero attached hydrogens (tertiary/aromatic N) is 2. The van der Waals surface area contributed by atoms with Crippen LogP contribution in [0.5, 0.6) is 0 Å². The lowest BCUT2D eigenvalue weighted by Gasteiger charge is -2.29. The number of carbonyl (C=O) groups is 1. The monoisotopic (exact) mass is 419 g/mol. The second kappa shape index (κ2) is 8.60. The highest BCUT2D eigenvalue weighted by atomic mass is 32.2. The quantitative estimate of drug-likeness (QED) is 0.547. The van der Waals surface area contributed by atoms with Crippen LogP contribution in [0.25, 0.3) is 0 Å². The van der Waals surface area contributed by atoms with Crippen LogP contribution in [0.3, 0.4) is 0 Å². The van der Waals surface area contributed by atoms with Gasteiger partial charge in [0.05, 0.1) is 22.9 Å². The standard InChI is InChI=1S/C20H25N3O5S/c1-13-9-10-19(14(2)11-13)15(3)21-20(24)16(4)22(29(5,27)28)17-7-6-8-18(12-17)23(25)26/h6-12,15-16H,1-5H3,(H,21,24)/t15-,16-/m1/s1. The van der Waals surface area contributed by atoms with Gasteiger partial charge in [0.2, 0.25) is 15.9 Å². The van der Waals surface area contributed by atoms with E-state index in [4.69, 9.17) is 0 Å². The molecule has 8 nitrogen and oxygen atoms in total. The van der Waals surface area contributed by atoms with Gasteiger partial charge in [-0.05, 0) is 44.9 Å². The first kappa shape index (κ1) is 22.4. The zero-order chi connectivity index (χ0) is 21.9. The summed E-state index contributed by atoms with van der Waals surface area (Å²) in [5.74, 6) is -0.505. The summed E-state index contributed by atoms with van der Waals surface area (Å²) in [5.41, 5.74) is 2.85. The first-order valence-electron chi connectivity index (χ1n) is 9.03. The number of sulfonamides is 1. The van der Waals surface area contributed by atoms with Crippen molar-refractivity contribution in [2.75, 3.05) is 10.6 Å². The van der Waals surface area contributed by atoms with Crippen molar-refractivity contribution in [3.63, 3.8) is 0 Å². The molecule has 1 amide bonds. The molecule has 0 aliphatic heterocycles. The fourth-order valence-electron chi connectivity index (χ4n) is 3.28. The molecule has 29 heavy (non-hydrogen) atoms. The molecule has 156 valence electrons. The molecular weight excluding hydrogens is 394 g/mol. The molecule has 1 N–H and O–H groups in total. The number of non-ortho nitro benzene ring substituents is 1. The number of anilines is 1. The van der Waals surface area contributed by atoms with Crippen LogP contribution in [-0.4, -0.2) is 31.5 Å². The number of nitro benzene ring substituents is 1. The van der Waals surface area contributed by atoms with E-state index in [-0.39, 0.29) is 17.4 Å². The SMILES string of the molecule is Cc1ccc([C@@H](C)NC(=O)[C@@H](C)N(c2cccc([N+](=O)[O-])c2)S(C)(=O)=O)c(C)c1. The first-order chi connectivity index (χ1) is 13.4. The Balaban J connectivity index is 2.32. The Morgan fingerprint density at radius 3 is 2.34 bits per heavy atom. The van der Waals surface area contributed by atoms with Crippen molar-refractivity contribution in [1.29, 1.82) is 0 Å². The number of amides is 1. The average Bonchev–Trinajstić information content (AvgIpc) is 2.60. The van der Waals surface area contributed by atoms with E-state index in [1.54, 1.807) is 0 Å². The minimum atomic E-state index is -3.87. The molecule has 0 fully saturated rings. The fraction of sp³-hybridized carbons (Fsp3) is 0.350. The van der Waals surface area contributed by atoms with Crippen LogP contribution in [0.2, 0.25) is 0 Å². The largest absolute Gasteiger partial charge is 0.348 e. The number of hydrogen-bond donors (Lipinski definition) is 1. The number of benzene rings is 2. The normalized spacial score (nSPS) is 13.4. The number of aryl methyl sites for hydroxylation is 2. The summed E-state index contributed by atoms with van der Waals surface area (Å²) in [6, 6.07) is 9.65. The van der Waals surface area contributed by atoms with Crippen molar-refractivity contribution in [3.05, 3.63) is 69.3 Å². The van der Waals surface area contributed by atoms with E-state index in [1.165, 1.54) is 25.1 Å². The third-order valence-corrected chi connectivity index (χ3v) is 5.88. The van der Waals surface area contributed by atoms with E-state index >= 15 is 0 Å². The Morgan fingerprint density at radius 1 is 1.14 bits per heavy atom. The Labute approximate surface area is 170 Å². The molecule has 2 rings (SSSR count). The average molecular weight is 420 g/mol. The van der Waals surface area contributed by atoms with Gasteiger partial charge in [-0.2, -0.15) is 0 Å². The van der Waals surface area contributed by atoms with E-state index in [2.05, 4.69) is 5.32 Å². The molecule has 0 aromatic heterocycles. The second-order valence-electron chi connectivity index (χ2n) is 7.10. The van der Waals surface area contributed by atoms with E-state index in [0.29, 0.717) is 0 Å². The van der Waals surface area contributed by atoms with E-state index in [0.717, 1.165) is 33.3 Å². The number of carbonyl (C=O) groups excluding carboxylic acids is 1. The maximum atomic E-state index is 12.8. The maximum absolute atomic E-state index is 12.8. The molecule has 0 radical (unpaired) electrons. The van der Waals surface area contributed by atoms with E-state index < -0.39 is 26.9 Å². The minimum absolute atomic E-state index is 0.0588. The van der Waals surface area contributed by atoms with Crippen LogP contribution in [-0.2, 0) is 14.8 Å². The summed E-state index contributed by atoms with van der Waals surface area (Å²) in [6.45, 7) is 7.19. The van der Waals surface area contributed by atoms with Crippen molar-refractivity contribution in [2.45, 2.75) is 39.8 Å². The molecule has 2 aromatic rings. The van der Waals surface area contributed by atoms with Crippen molar-refractivity contribution >= 4 is 27.3 Å². The summed E-state index contributed by atoms with van der Waals surface area (Å²) < 4.78 is 25.7. The molecule has 0 aliphatic carbocycles. The van der Waals surface area contributed by atoms with Gasteiger partial charge in [-0.15, -0.1) is 0 Å². The van der Waals surface area contributed by atoms with Gasteiger partial charge in [0.15, 0.2) is 0 Å². The van der Waals surface area contributed by atoms with Crippen LogP contribution in [0.15, 0.2) is 42.5 Å². The Hall–Kier alpha value is -2.94. The topological polar surface area (TPSA) is 110 Å². The molecule has 0 aliphatic rings. The summed E-state index contributed by atoms with van der Waals surface area (Å²) >= 11 is 0. The molecule has 0 heterocycles. The Morgan fingerprint density at radius 2 is 1.79 bits per heavy atom. The zero-order valence-electron chi connectivity index (χ0n) is 17.0. The number of rotatable bonds is 7. The molecule has 9 heteroatoms. The van der Waals surface area contributed by atoms with Crippen LogP contribution in [0.1, 0.15) is 36.6 Å². The second-order valence-corrected chi connectivity index (χ2v) is 8.96. The van der Waals surface area contributed by atoms with Gasteiger partial charge in [-0.25, -0.2) is 8.42 Å². The van der Waals surface area contributed by atoms with Crippen LogP contribution < -0.4 is 9.62 Å². The van der Waals surface area contributed by atoms with E-state index in [9.17, 15) is 23.3 Å². The van der Waals surface area contributed by atoms with E-state index in [1.807, 2.05) is 39.0 Å². The Kier molecular flexibility index (Phi) is 6.63. The van der Waals surface area contributed by atoms with Crippen LogP contribution in [0.4, 0.5) is 11.4 Å². The predicted molar refractivity (Wildman–Crippen MR) is 112 cm³/mol. The highest BCUT2D eigenvalue weighted by Gasteiger charge is 2.30. The molecule has 0 bridgehead atoms. The van der Waals surface area contributed by atoms with Gasteiger partial charge in [0.25, 0.3) is 5.69 Å². The lowest BCUT2D eigenvalue weighted by Crippen LogP contribution is -2.48. The lowest BCUT2D eigenvalue weighted by atomic mass is 10.00. The predicted octanol–water partition coefficient (Wildman–Crippen LogP) is 3.24. The molecule has 2 atom stereocenters. The molecular formula is C20H25N3O5S. The van der Waals surface area contributed by atoms with Gasteiger partial charge in [-0.1, -0.05) is 29.8 Å². The Bertz CT molecular complexity index is 1040. The van der Waals surface area contributed by atoms with Gasteiger partial charge >= 0.3 is 0 Å². The zero-order valence-corrected chi connectivity index (χ0v) is 17.9. The minimum Gasteiger partial charge on any atom is -0.348 e. The third-order valence-electron chi connectivity index (χ3n) is 4.63. The van der Waals surface area contributed by atoms with Crippen LogP contribution in [0, 0.1) is 24.0 Å². The molecule has 0 unspecified atom stereocenters. The van der Waals surface area contributed by atoms with Crippen molar-refractivity contribution < 1.29 is 18.1 Å². The highest BCUT2D eigenvalue weighted by Crippen LogP contribution is 2.26. The van der Waals surface area contributed by atoms with Gasteiger partial charge in [0.1, 0.15) is 6.04 Å². The fourth-order valence-corrected chi connectivity index (χ4v) is 4.44.